The molecule has 1 aromatic rings. The van der Waals surface area contributed by atoms with Gasteiger partial charge in [-0.1, -0.05) is 36.6 Å². The van der Waals surface area contributed by atoms with Gasteiger partial charge in [0.25, 0.3) is 0 Å². The lowest BCUT2D eigenvalue weighted by Crippen LogP contribution is -2.48. The first-order valence-electron chi connectivity index (χ1n) is 10.8. The fourth-order valence-electron chi connectivity index (χ4n) is 4.22. The minimum Gasteiger partial charge on any atom is -0.481 e. The molecule has 1 aliphatic carbocycles. The van der Waals surface area contributed by atoms with E-state index in [1.165, 1.54) is 7.11 Å². The van der Waals surface area contributed by atoms with Crippen molar-refractivity contribution in [1.82, 2.24) is 5.32 Å². The van der Waals surface area contributed by atoms with Crippen LogP contribution in [0.4, 0.5) is 0 Å². The van der Waals surface area contributed by atoms with Crippen LogP contribution in [0.3, 0.4) is 0 Å². The number of hydrogen-bond donors (Lipinski definition) is 3. The van der Waals surface area contributed by atoms with E-state index in [2.05, 4.69) is 5.32 Å². The van der Waals surface area contributed by atoms with E-state index < -0.39 is 29.3 Å². The number of carbonyl (C=O) groups excluding carboxylic acids is 1. The highest BCUT2D eigenvalue weighted by molar-refractivity contribution is 6.30. The molecule has 1 aromatic carbocycles. The molecular formula is C23H32ClNO7. The third-order valence-corrected chi connectivity index (χ3v) is 6.21. The number of carbonyl (C=O) groups is 3. The van der Waals surface area contributed by atoms with Gasteiger partial charge >= 0.3 is 11.9 Å². The van der Waals surface area contributed by atoms with Gasteiger partial charge in [0.1, 0.15) is 0 Å². The molecule has 9 heteroatoms. The summed E-state index contributed by atoms with van der Waals surface area (Å²) in [6.07, 6.45) is 3.09. The number of carboxylic acid groups (broad SMARTS) is 2. The van der Waals surface area contributed by atoms with Gasteiger partial charge in [0, 0.05) is 18.7 Å². The Bertz CT molecular complexity index is 762. The molecule has 0 bridgehead atoms. The number of rotatable bonds is 14. The van der Waals surface area contributed by atoms with Gasteiger partial charge in [0.15, 0.2) is 0 Å². The molecule has 178 valence electrons. The average molecular weight is 470 g/mol. The van der Waals surface area contributed by atoms with Crippen molar-refractivity contribution in [1.29, 1.82) is 0 Å². The second-order valence-corrected chi connectivity index (χ2v) is 8.85. The molecule has 3 N–H and O–H groups in total. The summed E-state index contributed by atoms with van der Waals surface area (Å²) in [6, 6.07) is 6.39. The average Bonchev–Trinajstić information content (AvgIpc) is 3.22. The lowest BCUT2D eigenvalue weighted by molar-refractivity contribution is -0.145. The fourth-order valence-corrected chi connectivity index (χ4v) is 4.35. The van der Waals surface area contributed by atoms with Crippen LogP contribution in [-0.2, 0) is 30.5 Å². The molecule has 0 radical (unpaired) electrons. The molecule has 0 aliphatic heterocycles. The molecule has 2 atom stereocenters. The summed E-state index contributed by atoms with van der Waals surface area (Å²) in [5.74, 6) is -2.98. The molecule has 0 unspecified atom stereocenters. The van der Waals surface area contributed by atoms with E-state index in [0.717, 1.165) is 18.4 Å². The summed E-state index contributed by atoms with van der Waals surface area (Å²) in [6.45, 7) is 0.587. The van der Waals surface area contributed by atoms with Gasteiger partial charge in [-0.05, 0) is 43.4 Å². The molecule has 0 aromatic heterocycles. The van der Waals surface area contributed by atoms with Crippen LogP contribution in [0.1, 0.15) is 50.5 Å². The number of nitrogens with one attached hydrogen (secondary N) is 1. The Hall–Kier alpha value is -2.16. The van der Waals surface area contributed by atoms with Crippen LogP contribution in [0, 0.1) is 11.3 Å². The van der Waals surface area contributed by atoms with Crippen LogP contribution in [0.2, 0.25) is 5.02 Å². The Morgan fingerprint density at radius 1 is 1.16 bits per heavy atom. The number of methoxy groups -OCH3 is 1. The monoisotopic (exact) mass is 469 g/mol. The number of benzene rings is 1. The molecule has 0 heterocycles. The zero-order valence-electron chi connectivity index (χ0n) is 18.3. The number of aliphatic carboxylic acids is 2. The summed E-state index contributed by atoms with van der Waals surface area (Å²) < 4.78 is 10.7. The van der Waals surface area contributed by atoms with Crippen LogP contribution >= 0.6 is 11.6 Å². The summed E-state index contributed by atoms with van der Waals surface area (Å²) in [5, 5.41) is 22.3. The van der Waals surface area contributed by atoms with Gasteiger partial charge < -0.3 is 25.0 Å². The first-order valence-corrected chi connectivity index (χ1v) is 11.2. The maximum Gasteiger partial charge on any atom is 0.306 e. The van der Waals surface area contributed by atoms with Crippen LogP contribution in [0.5, 0.6) is 0 Å². The Balaban J connectivity index is 2.03. The Morgan fingerprint density at radius 2 is 1.81 bits per heavy atom. The second kappa shape index (κ2) is 12.8. The molecule has 1 saturated carbocycles. The van der Waals surface area contributed by atoms with Crippen molar-refractivity contribution < 1.29 is 34.1 Å². The lowest BCUT2D eigenvalue weighted by Gasteiger charge is -2.32. The zero-order chi connectivity index (χ0) is 23.6. The van der Waals surface area contributed by atoms with Crippen LogP contribution in [0.25, 0.3) is 0 Å². The molecule has 0 saturated heterocycles. The van der Waals surface area contributed by atoms with Crippen molar-refractivity contribution >= 4 is 29.4 Å². The van der Waals surface area contributed by atoms with Crippen molar-refractivity contribution in [3.8, 4) is 0 Å². The Kier molecular flexibility index (Phi) is 10.4. The highest BCUT2D eigenvalue weighted by Gasteiger charge is 2.44. The summed E-state index contributed by atoms with van der Waals surface area (Å²) in [7, 11) is 1.51. The van der Waals surface area contributed by atoms with E-state index in [4.69, 9.17) is 21.1 Å². The van der Waals surface area contributed by atoms with Crippen LogP contribution < -0.4 is 5.32 Å². The Labute approximate surface area is 193 Å². The number of carboxylic acids is 2. The summed E-state index contributed by atoms with van der Waals surface area (Å²) in [5.41, 5.74) is 0.0634. The van der Waals surface area contributed by atoms with Crippen molar-refractivity contribution in [2.75, 3.05) is 20.3 Å². The van der Waals surface area contributed by atoms with Gasteiger partial charge in [-0.25, -0.2) is 0 Å². The topological polar surface area (TPSA) is 122 Å². The van der Waals surface area contributed by atoms with Gasteiger partial charge in [-0.2, -0.15) is 0 Å². The fraction of sp³-hybridized carbons (Fsp3) is 0.609. The predicted molar refractivity (Wildman–Crippen MR) is 118 cm³/mol. The predicted octanol–water partition coefficient (Wildman–Crippen LogP) is 3.50. The maximum atomic E-state index is 13.3. The van der Waals surface area contributed by atoms with Gasteiger partial charge in [0.05, 0.1) is 37.0 Å². The minimum absolute atomic E-state index is 0.0305. The van der Waals surface area contributed by atoms with Gasteiger partial charge in [-0.3, -0.25) is 14.4 Å². The standard InChI is InChI=1S/C23H32ClNO7/c1-31-11-8-17(21(28)29)13-23(9-2-3-10-23)22(30)25-19(12-20(26)27)15-32-14-16-4-6-18(24)7-5-16/h4-7,17,19H,2-3,8-15H2,1H3,(H,25,30)(H,26,27)(H,28,29)/t17-,19-/m1/s1. The van der Waals surface area contributed by atoms with E-state index in [-0.39, 0.29) is 32.0 Å². The van der Waals surface area contributed by atoms with Gasteiger partial charge in [0.2, 0.25) is 5.91 Å². The van der Waals surface area contributed by atoms with E-state index in [1.807, 2.05) is 12.1 Å². The first kappa shape index (κ1) is 26.1. The maximum absolute atomic E-state index is 13.3. The van der Waals surface area contributed by atoms with Crippen molar-refractivity contribution in [2.45, 2.75) is 57.6 Å². The van der Waals surface area contributed by atoms with E-state index in [0.29, 0.717) is 30.9 Å². The molecule has 1 amide bonds. The first-order chi connectivity index (χ1) is 15.3. The third kappa shape index (κ3) is 8.07. The normalized spacial score (nSPS) is 16.9. The minimum atomic E-state index is -1.05. The molecule has 2 rings (SSSR count). The van der Waals surface area contributed by atoms with Crippen molar-refractivity contribution in [3.05, 3.63) is 34.9 Å². The lowest BCUT2D eigenvalue weighted by atomic mass is 9.75. The van der Waals surface area contributed by atoms with E-state index in [9.17, 15) is 24.6 Å². The van der Waals surface area contributed by atoms with Gasteiger partial charge in [-0.15, -0.1) is 0 Å². The van der Waals surface area contributed by atoms with Crippen molar-refractivity contribution in [2.24, 2.45) is 11.3 Å². The summed E-state index contributed by atoms with van der Waals surface area (Å²) >= 11 is 5.87. The third-order valence-electron chi connectivity index (χ3n) is 5.96. The smallest absolute Gasteiger partial charge is 0.306 e. The molecule has 1 aliphatic rings. The molecule has 0 spiro atoms. The highest BCUT2D eigenvalue weighted by Crippen LogP contribution is 2.44. The van der Waals surface area contributed by atoms with Crippen LogP contribution in [-0.4, -0.2) is 54.4 Å². The van der Waals surface area contributed by atoms with Crippen molar-refractivity contribution in [3.63, 3.8) is 0 Å². The highest BCUT2D eigenvalue weighted by atomic mass is 35.5. The number of amides is 1. The SMILES string of the molecule is COCC[C@H](CC1(C(=O)N[C@@H](COCc2ccc(Cl)cc2)CC(=O)O)CCCC1)C(=O)O. The molecule has 8 nitrogen and oxygen atoms in total. The quantitative estimate of drug-likeness (QED) is 0.381. The Morgan fingerprint density at radius 3 is 2.38 bits per heavy atom. The molecular weight excluding hydrogens is 438 g/mol. The number of hydrogen-bond acceptors (Lipinski definition) is 5. The van der Waals surface area contributed by atoms with E-state index >= 15 is 0 Å². The number of ether oxygens (including phenoxy) is 2. The molecule has 1 fully saturated rings. The largest absolute Gasteiger partial charge is 0.481 e. The zero-order valence-corrected chi connectivity index (χ0v) is 19.1. The number of halogens is 1. The van der Waals surface area contributed by atoms with E-state index in [1.54, 1.807) is 12.1 Å². The second-order valence-electron chi connectivity index (χ2n) is 8.42. The summed E-state index contributed by atoms with van der Waals surface area (Å²) in [4.78, 5) is 36.3. The van der Waals surface area contributed by atoms with Crippen LogP contribution in [0.15, 0.2) is 24.3 Å². The molecule has 32 heavy (non-hydrogen) atoms.